The van der Waals surface area contributed by atoms with E-state index in [1.807, 2.05) is 42.3 Å². The number of rotatable bonds is 7. The first kappa shape index (κ1) is 22.7. The van der Waals surface area contributed by atoms with Gasteiger partial charge in [0.1, 0.15) is 11.5 Å². The predicted molar refractivity (Wildman–Crippen MR) is 130 cm³/mol. The lowest BCUT2D eigenvalue weighted by Gasteiger charge is -2.36. The minimum absolute atomic E-state index is 0.697. The molecule has 0 saturated carbocycles. The second kappa shape index (κ2) is 10.9. The number of piperazine rings is 1. The van der Waals surface area contributed by atoms with E-state index in [0.29, 0.717) is 6.54 Å². The van der Waals surface area contributed by atoms with E-state index >= 15 is 0 Å². The number of nitrogens with zero attached hydrogens (tertiary/aromatic N) is 5. The summed E-state index contributed by atoms with van der Waals surface area (Å²) in [5.41, 5.74) is 3.46. The van der Waals surface area contributed by atoms with Crippen molar-refractivity contribution >= 4 is 5.96 Å². The van der Waals surface area contributed by atoms with E-state index in [9.17, 15) is 0 Å². The summed E-state index contributed by atoms with van der Waals surface area (Å²) >= 11 is 0. The van der Waals surface area contributed by atoms with E-state index < -0.39 is 0 Å². The molecular weight excluding hydrogens is 416 g/mol. The molecule has 0 spiro atoms. The number of hydrogen-bond donors (Lipinski definition) is 1. The van der Waals surface area contributed by atoms with Crippen LogP contribution in [0.5, 0.6) is 11.5 Å². The quantitative estimate of drug-likeness (QED) is 0.443. The molecule has 174 valence electrons. The average molecular weight is 449 g/mol. The van der Waals surface area contributed by atoms with Crippen LogP contribution in [0.15, 0.2) is 66.2 Å². The highest BCUT2D eigenvalue weighted by Crippen LogP contribution is 2.25. The second-order valence-corrected chi connectivity index (χ2v) is 7.94. The fourth-order valence-corrected chi connectivity index (χ4v) is 4.18. The zero-order valence-electron chi connectivity index (χ0n) is 19.6. The molecule has 3 aromatic rings. The highest BCUT2D eigenvalue weighted by Gasteiger charge is 2.21. The summed E-state index contributed by atoms with van der Waals surface area (Å²) in [6.45, 7) is 5.25. The molecule has 1 aliphatic rings. The lowest BCUT2D eigenvalue weighted by molar-refractivity contribution is 0.171. The molecule has 33 heavy (non-hydrogen) atoms. The van der Waals surface area contributed by atoms with E-state index in [1.165, 1.54) is 5.56 Å². The molecule has 1 aliphatic heterocycles. The molecule has 8 heteroatoms. The summed E-state index contributed by atoms with van der Waals surface area (Å²) < 4.78 is 13.0. The third-order valence-electron chi connectivity index (χ3n) is 5.98. The van der Waals surface area contributed by atoms with Gasteiger partial charge in [0.05, 0.1) is 26.2 Å². The Labute approximate surface area is 195 Å². The molecular formula is C25H32N6O2. The predicted octanol–water partition coefficient (Wildman–Crippen LogP) is 2.78. The van der Waals surface area contributed by atoms with E-state index in [1.54, 1.807) is 20.4 Å². The van der Waals surface area contributed by atoms with Crippen molar-refractivity contribution in [2.75, 3.05) is 47.4 Å². The molecule has 0 atom stereocenters. The van der Waals surface area contributed by atoms with Gasteiger partial charge in [0.2, 0.25) is 0 Å². The van der Waals surface area contributed by atoms with Crippen LogP contribution >= 0.6 is 0 Å². The van der Waals surface area contributed by atoms with Gasteiger partial charge in [-0.15, -0.1) is 0 Å². The number of guanidine groups is 1. The summed E-state index contributed by atoms with van der Waals surface area (Å²) in [6.07, 6.45) is 5.58. The highest BCUT2D eigenvalue weighted by molar-refractivity contribution is 5.80. The third-order valence-corrected chi connectivity index (χ3v) is 5.98. The Morgan fingerprint density at radius 1 is 1.03 bits per heavy atom. The maximum Gasteiger partial charge on any atom is 0.194 e. The summed E-state index contributed by atoms with van der Waals surface area (Å²) in [7, 11) is 5.25. The van der Waals surface area contributed by atoms with E-state index in [0.717, 1.165) is 61.4 Å². The van der Waals surface area contributed by atoms with Gasteiger partial charge in [0, 0.05) is 64.3 Å². The van der Waals surface area contributed by atoms with Gasteiger partial charge in [-0.1, -0.05) is 18.2 Å². The second-order valence-electron chi connectivity index (χ2n) is 7.94. The number of ether oxygens (including phenoxy) is 2. The number of para-hydroxylation sites is 1. The van der Waals surface area contributed by atoms with Crippen molar-refractivity contribution in [2.24, 2.45) is 4.99 Å². The van der Waals surface area contributed by atoms with Crippen molar-refractivity contribution in [3.8, 4) is 17.2 Å². The van der Waals surface area contributed by atoms with Crippen LogP contribution in [-0.4, -0.2) is 72.8 Å². The van der Waals surface area contributed by atoms with Crippen LogP contribution in [0.1, 0.15) is 11.1 Å². The topological polar surface area (TPSA) is 67.2 Å². The first-order valence-corrected chi connectivity index (χ1v) is 11.2. The molecule has 4 rings (SSSR count). The normalized spacial score (nSPS) is 14.9. The zero-order valence-corrected chi connectivity index (χ0v) is 19.6. The summed E-state index contributed by atoms with van der Waals surface area (Å²) in [6, 6.07) is 14.3. The maximum absolute atomic E-state index is 5.55. The van der Waals surface area contributed by atoms with Crippen molar-refractivity contribution in [3.63, 3.8) is 0 Å². The van der Waals surface area contributed by atoms with Gasteiger partial charge in [-0.3, -0.25) is 9.89 Å². The number of imidazole rings is 1. The molecule has 1 N–H and O–H groups in total. The van der Waals surface area contributed by atoms with Crippen LogP contribution < -0.4 is 14.8 Å². The molecule has 0 amide bonds. The maximum atomic E-state index is 5.55. The van der Waals surface area contributed by atoms with Crippen molar-refractivity contribution in [2.45, 2.75) is 13.1 Å². The Morgan fingerprint density at radius 2 is 1.85 bits per heavy atom. The standard InChI is InChI=1S/C25H32N6O2/c1-26-25(28-17-20-6-4-5-7-23(20)31-11-10-27-19-31)30-14-12-29(13-15-30)18-21-16-22(32-2)8-9-24(21)33-3/h4-11,16,19H,12-15,17-18H2,1-3H3,(H,26,28). The van der Waals surface area contributed by atoms with E-state index in [-0.39, 0.29) is 0 Å². The van der Waals surface area contributed by atoms with Gasteiger partial charge in [0.15, 0.2) is 5.96 Å². The Morgan fingerprint density at radius 3 is 2.55 bits per heavy atom. The summed E-state index contributed by atoms with van der Waals surface area (Å²) in [4.78, 5) is 13.5. The van der Waals surface area contributed by atoms with E-state index in [2.05, 4.69) is 49.4 Å². The van der Waals surface area contributed by atoms with Crippen molar-refractivity contribution in [1.82, 2.24) is 24.7 Å². The first-order valence-electron chi connectivity index (χ1n) is 11.2. The third kappa shape index (κ3) is 5.46. The van der Waals surface area contributed by atoms with Crippen molar-refractivity contribution in [1.29, 1.82) is 0 Å². The van der Waals surface area contributed by atoms with Gasteiger partial charge >= 0.3 is 0 Å². The molecule has 1 saturated heterocycles. The molecule has 1 fully saturated rings. The molecule has 0 aliphatic carbocycles. The molecule has 0 bridgehead atoms. The van der Waals surface area contributed by atoms with E-state index in [4.69, 9.17) is 9.47 Å². The lowest BCUT2D eigenvalue weighted by atomic mass is 10.1. The summed E-state index contributed by atoms with van der Waals surface area (Å²) in [5, 5.41) is 3.54. The van der Waals surface area contributed by atoms with Gasteiger partial charge in [0.25, 0.3) is 0 Å². The van der Waals surface area contributed by atoms with Gasteiger partial charge in [-0.05, 0) is 29.8 Å². The summed E-state index contributed by atoms with van der Waals surface area (Å²) in [5.74, 6) is 2.67. The van der Waals surface area contributed by atoms with Crippen LogP contribution in [0.4, 0.5) is 0 Å². The fraction of sp³-hybridized carbons (Fsp3) is 0.360. The minimum Gasteiger partial charge on any atom is -0.497 e. The van der Waals surface area contributed by atoms with Gasteiger partial charge in [-0.25, -0.2) is 4.98 Å². The monoisotopic (exact) mass is 448 g/mol. The number of aliphatic imine (C=N–C) groups is 1. The Bertz CT molecular complexity index is 1060. The van der Waals surface area contributed by atoms with Gasteiger partial charge < -0.3 is 24.3 Å². The lowest BCUT2D eigenvalue weighted by Crippen LogP contribution is -2.52. The number of hydrogen-bond acceptors (Lipinski definition) is 5. The van der Waals surface area contributed by atoms with Crippen LogP contribution in [0.25, 0.3) is 5.69 Å². The number of methoxy groups -OCH3 is 2. The highest BCUT2D eigenvalue weighted by atomic mass is 16.5. The van der Waals surface area contributed by atoms with Crippen molar-refractivity contribution in [3.05, 3.63) is 72.3 Å². The zero-order chi connectivity index (χ0) is 23.0. The number of benzene rings is 2. The minimum atomic E-state index is 0.697. The fourth-order valence-electron chi connectivity index (χ4n) is 4.18. The van der Waals surface area contributed by atoms with Crippen LogP contribution in [0.2, 0.25) is 0 Å². The number of aromatic nitrogens is 2. The number of nitrogens with one attached hydrogen (secondary N) is 1. The average Bonchev–Trinajstić information content (AvgIpc) is 3.40. The molecule has 1 aromatic heterocycles. The molecule has 0 radical (unpaired) electrons. The largest absolute Gasteiger partial charge is 0.497 e. The SMILES string of the molecule is CN=C(NCc1ccccc1-n1ccnc1)N1CCN(Cc2cc(OC)ccc2OC)CC1. The molecule has 8 nitrogen and oxygen atoms in total. The Hall–Kier alpha value is -3.52. The Kier molecular flexibility index (Phi) is 7.47. The molecule has 2 heterocycles. The van der Waals surface area contributed by atoms with Crippen molar-refractivity contribution < 1.29 is 9.47 Å². The molecule has 0 unspecified atom stereocenters. The Balaban J connectivity index is 1.34. The molecule has 2 aromatic carbocycles. The van der Waals surface area contributed by atoms with Crippen LogP contribution in [0, 0.1) is 0 Å². The van der Waals surface area contributed by atoms with Crippen LogP contribution in [0.3, 0.4) is 0 Å². The van der Waals surface area contributed by atoms with Gasteiger partial charge in [-0.2, -0.15) is 0 Å². The first-order chi connectivity index (χ1) is 16.2. The smallest absolute Gasteiger partial charge is 0.194 e. The van der Waals surface area contributed by atoms with Crippen LogP contribution in [-0.2, 0) is 13.1 Å².